The molecule has 1 aliphatic heterocycles. The standard InChI is InChI=1S/C26H21Cl2N3O4/c1-14-5-4-6-20(15(14)2)31-25(33)22(28)23(26(31)34)29-18-10-7-16(8-11-18)24(32)30-19-13-17(27)9-12-21(19)35-3/h4-13,29H,1-3H3,(H,30,32). The molecule has 178 valence electrons. The highest BCUT2D eigenvalue weighted by Gasteiger charge is 2.39. The Morgan fingerprint density at radius 3 is 2.34 bits per heavy atom. The van der Waals surface area contributed by atoms with Crippen molar-refractivity contribution in [1.29, 1.82) is 0 Å². The minimum absolute atomic E-state index is 0.0292. The normalized spacial score (nSPS) is 13.3. The summed E-state index contributed by atoms with van der Waals surface area (Å²) in [5.41, 5.74) is 3.50. The molecular weight excluding hydrogens is 489 g/mol. The number of aryl methyl sites for hydroxylation is 1. The molecule has 35 heavy (non-hydrogen) atoms. The van der Waals surface area contributed by atoms with Crippen LogP contribution in [0.15, 0.2) is 71.4 Å². The Kier molecular flexibility index (Phi) is 6.82. The summed E-state index contributed by atoms with van der Waals surface area (Å²) in [7, 11) is 1.50. The van der Waals surface area contributed by atoms with Crippen LogP contribution in [0.2, 0.25) is 5.02 Å². The highest BCUT2D eigenvalue weighted by Crippen LogP contribution is 2.33. The van der Waals surface area contributed by atoms with E-state index in [9.17, 15) is 14.4 Å². The number of halogens is 2. The smallest absolute Gasteiger partial charge is 0.283 e. The number of hydrogen-bond donors (Lipinski definition) is 2. The number of nitrogens with zero attached hydrogens (tertiary/aromatic N) is 1. The van der Waals surface area contributed by atoms with Crippen molar-refractivity contribution < 1.29 is 19.1 Å². The van der Waals surface area contributed by atoms with Gasteiger partial charge in [0.15, 0.2) is 0 Å². The second kappa shape index (κ2) is 9.82. The third-order valence-corrected chi connectivity index (χ3v) is 6.26. The first kappa shape index (κ1) is 24.3. The molecule has 2 N–H and O–H groups in total. The molecule has 0 fully saturated rings. The zero-order chi connectivity index (χ0) is 25.3. The van der Waals surface area contributed by atoms with Gasteiger partial charge in [-0.1, -0.05) is 35.3 Å². The summed E-state index contributed by atoms with van der Waals surface area (Å²) in [6, 6.07) is 16.7. The maximum atomic E-state index is 13.1. The van der Waals surface area contributed by atoms with E-state index in [2.05, 4.69) is 10.6 Å². The lowest BCUT2D eigenvalue weighted by atomic mass is 10.1. The fraction of sp³-hybridized carbons (Fsp3) is 0.115. The van der Waals surface area contributed by atoms with E-state index < -0.39 is 11.8 Å². The van der Waals surface area contributed by atoms with Crippen molar-refractivity contribution in [2.24, 2.45) is 0 Å². The molecule has 0 spiro atoms. The highest BCUT2D eigenvalue weighted by atomic mass is 35.5. The topological polar surface area (TPSA) is 87.7 Å². The molecule has 0 unspecified atom stereocenters. The van der Waals surface area contributed by atoms with Crippen molar-refractivity contribution in [3.63, 3.8) is 0 Å². The minimum Gasteiger partial charge on any atom is -0.495 e. The molecule has 0 radical (unpaired) electrons. The zero-order valence-corrected chi connectivity index (χ0v) is 20.6. The van der Waals surface area contributed by atoms with Gasteiger partial charge in [0.05, 0.1) is 18.5 Å². The Bertz CT molecular complexity index is 1380. The first-order chi connectivity index (χ1) is 16.7. The number of nitrogens with one attached hydrogen (secondary N) is 2. The first-order valence-electron chi connectivity index (χ1n) is 10.6. The van der Waals surface area contributed by atoms with Crippen LogP contribution in [-0.2, 0) is 9.59 Å². The van der Waals surface area contributed by atoms with Gasteiger partial charge in [0.25, 0.3) is 17.7 Å². The lowest BCUT2D eigenvalue weighted by molar-refractivity contribution is -0.120. The van der Waals surface area contributed by atoms with Gasteiger partial charge < -0.3 is 15.4 Å². The number of carbonyl (C=O) groups excluding carboxylic acids is 3. The van der Waals surface area contributed by atoms with E-state index in [1.807, 2.05) is 19.9 Å². The van der Waals surface area contributed by atoms with Gasteiger partial charge in [-0.3, -0.25) is 14.4 Å². The van der Waals surface area contributed by atoms with Gasteiger partial charge in [-0.05, 0) is 73.5 Å². The number of ether oxygens (including phenoxy) is 1. The monoisotopic (exact) mass is 509 g/mol. The predicted octanol–water partition coefficient (Wildman–Crippen LogP) is 5.65. The van der Waals surface area contributed by atoms with Crippen molar-refractivity contribution in [2.45, 2.75) is 13.8 Å². The van der Waals surface area contributed by atoms with Gasteiger partial charge in [-0.2, -0.15) is 0 Å². The van der Waals surface area contributed by atoms with E-state index in [0.717, 1.165) is 16.0 Å². The van der Waals surface area contributed by atoms with Crippen LogP contribution in [0.5, 0.6) is 5.75 Å². The molecule has 3 aromatic carbocycles. The molecule has 3 aromatic rings. The van der Waals surface area contributed by atoms with Crippen LogP contribution in [0.4, 0.5) is 17.1 Å². The number of methoxy groups -OCH3 is 1. The average Bonchev–Trinajstić information content (AvgIpc) is 3.04. The van der Waals surface area contributed by atoms with E-state index in [4.69, 9.17) is 27.9 Å². The quantitative estimate of drug-likeness (QED) is 0.419. The number of anilines is 3. The fourth-order valence-electron chi connectivity index (χ4n) is 3.63. The van der Waals surface area contributed by atoms with Crippen LogP contribution < -0.4 is 20.3 Å². The summed E-state index contributed by atoms with van der Waals surface area (Å²) in [6.45, 7) is 3.74. The van der Waals surface area contributed by atoms with Crippen LogP contribution in [0.3, 0.4) is 0 Å². The third-order valence-electron chi connectivity index (χ3n) is 5.67. The summed E-state index contributed by atoms with van der Waals surface area (Å²) in [5.74, 6) is -1.05. The minimum atomic E-state index is -0.598. The van der Waals surface area contributed by atoms with Crippen molar-refractivity contribution >= 4 is 58.0 Å². The summed E-state index contributed by atoms with van der Waals surface area (Å²) in [4.78, 5) is 39.6. The number of amides is 3. The predicted molar refractivity (Wildman–Crippen MR) is 137 cm³/mol. The zero-order valence-electron chi connectivity index (χ0n) is 19.1. The van der Waals surface area contributed by atoms with E-state index in [1.54, 1.807) is 54.6 Å². The number of rotatable bonds is 6. The van der Waals surface area contributed by atoms with Crippen LogP contribution in [0.25, 0.3) is 0 Å². The maximum absolute atomic E-state index is 13.1. The molecular formula is C26H21Cl2N3O4. The molecule has 0 aliphatic carbocycles. The summed E-state index contributed by atoms with van der Waals surface area (Å²) < 4.78 is 5.25. The molecule has 7 nitrogen and oxygen atoms in total. The van der Waals surface area contributed by atoms with Gasteiger partial charge >= 0.3 is 0 Å². The van der Waals surface area contributed by atoms with Gasteiger partial charge in [0.1, 0.15) is 16.5 Å². The Balaban J connectivity index is 1.51. The van der Waals surface area contributed by atoms with Crippen molar-refractivity contribution in [3.05, 3.63) is 93.1 Å². The fourth-order valence-corrected chi connectivity index (χ4v) is 4.01. The molecule has 0 aromatic heterocycles. The van der Waals surface area contributed by atoms with E-state index in [1.165, 1.54) is 7.11 Å². The first-order valence-corrected chi connectivity index (χ1v) is 11.3. The molecule has 3 amide bonds. The Morgan fingerprint density at radius 2 is 1.66 bits per heavy atom. The average molecular weight is 510 g/mol. The molecule has 1 heterocycles. The van der Waals surface area contributed by atoms with Crippen LogP contribution in [-0.4, -0.2) is 24.8 Å². The molecule has 4 rings (SSSR count). The molecule has 1 aliphatic rings. The number of benzene rings is 3. The summed E-state index contributed by atoms with van der Waals surface area (Å²) in [6.07, 6.45) is 0. The lowest BCUT2D eigenvalue weighted by Gasteiger charge is -2.18. The Morgan fingerprint density at radius 1 is 0.943 bits per heavy atom. The Labute approximate surface area is 212 Å². The van der Waals surface area contributed by atoms with Gasteiger partial charge in [0, 0.05) is 16.3 Å². The van der Waals surface area contributed by atoms with Crippen molar-refractivity contribution in [1.82, 2.24) is 0 Å². The summed E-state index contributed by atoms with van der Waals surface area (Å²) in [5, 5.41) is 5.92. The highest BCUT2D eigenvalue weighted by molar-refractivity contribution is 6.53. The molecule has 0 saturated carbocycles. The van der Waals surface area contributed by atoms with Gasteiger partial charge in [-0.15, -0.1) is 0 Å². The second-order valence-electron chi connectivity index (χ2n) is 7.85. The Hall–Kier alpha value is -3.81. The maximum Gasteiger partial charge on any atom is 0.283 e. The van der Waals surface area contributed by atoms with Crippen LogP contribution >= 0.6 is 23.2 Å². The number of imide groups is 1. The van der Waals surface area contributed by atoms with E-state index in [-0.39, 0.29) is 16.6 Å². The molecule has 9 heteroatoms. The van der Waals surface area contributed by atoms with E-state index >= 15 is 0 Å². The van der Waals surface area contributed by atoms with Gasteiger partial charge in [-0.25, -0.2) is 4.90 Å². The second-order valence-corrected chi connectivity index (χ2v) is 8.67. The van der Waals surface area contributed by atoms with Crippen LogP contribution in [0.1, 0.15) is 21.5 Å². The molecule has 0 bridgehead atoms. The number of hydrogen-bond acceptors (Lipinski definition) is 5. The largest absolute Gasteiger partial charge is 0.495 e. The number of carbonyl (C=O) groups is 3. The third kappa shape index (κ3) is 4.73. The lowest BCUT2D eigenvalue weighted by Crippen LogP contribution is -2.33. The van der Waals surface area contributed by atoms with Crippen LogP contribution in [0, 0.1) is 13.8 Å². The molecule has 0 saturated heterocycles. The molecule has 0 atom stereocenters. The van der Waals surface area contributed by atoms with E-state index in [0.29, 0.717) is 33.4 Å². The van der Waals surface area contributed by atoms with Crippen molar-refractivity contribution in [2.75, 3.05) is 22.6 Å². The van der Waals surface area contributed by atoms with Crippen molar-refractivity contribution in [3.8, 4) is 5.75 Å². The summed E-state index contributed by atoms with van der Waals surface area (Å²) >= 11 is 12.3. The SMILES string of the molecule is COc1ccc(Cl)cc1NC(=O)c1ccc(NC2=C(Cl)C(=O)N(c3cccc(C)c3C)C2=O)cc1. The van der Waals surface area contributed by atoms with Gasteiger partial charge in [0.2, 0.25) is 0 Å².